The number of anilines is 2. The standard InChI is InChI=1S/C19H20Cl2N8/c1-10-5-8-29(17-12-4-7-23-15(12)25-19(21)27-17)9-13(10)28(2)16-11-3-6-22-14(11)24-18(20)26-16/h3-4,6-7,10,13H,5,8-9H2,1-2H3,(H,22,24,26)(H,23,25,27)/t10-,13+/m1/s1. The minimum atomic E-state index is 0.218. The van der Waals surface area contributed by atoms with Crippen molar-refractivity contribution in [3.8, 4) is 0 Å². The van der Waals surface area contributed by atoms with Crippen molar-refractivity contribution in [2.75, 3.05) is 29.9 Å². The molecule has 150 valence electrons. The Bertz CT molecular complexity index is 1190. The molecule has 1 aliphatic rings. The Labute approximate surface area is 177 Å². The van der Waals surface area contributed by atoms with Gasteiger partial charge in [0.2, 0.25) is 10.6 Å². The van der Waals surface area contributed by atoms with Gasteiger partial charge in [-0.15, -0.1) is 0 Å². The minimum absolute atomic E-state index is 0.218. The molecular formula is C19H20Cl2N8. The normalized spacial score (nSPS) is 19.9. The average molecular weight is 431 g/mol. The molecule has 2 atom stereocenters. The molecule has 0 bridgehead atoms. The van der Waals surface area contributed by atoms with Crippen LogP contribution in [0.25, 0.3) is 22.1 Å². The van der Waals surface area contributed by atoms with Crippen LogP contribution >= 0.6 is 23.2 Å². The topological polar surface area (TPSA) is 89.6 Å². The molecule has 1 fully saturated rings. The second-order valence-corrected chi connectivity index (χ2v) is 8.18. The van der Waals surface area contributed by atoms with E-state index in [0.717, 1.165) is 53.2 Å². The van der Waals surface area contributed by atoms with E-state index in [2.05, 4.69) is 53.7 Å². The number of nitrogens with zero attached hydrogens (tertiary/aromatic N) is 6. The highest BCUT2D eigenvalue weighted by Gasteiger charge is 2.32. The van der Waals surface area contributed by atoms with Crippen LogP contribution in [0.2, 0.25) is 10.6 Å². The van der Waals surface area contributed by atoms with Crippen molar-refractivity contribution in [2.24, 2.45) is 5.92 Å². The maximum atomic E-state index is 6.18. The Morgan fingerprint density at radius 1 is 1.00 bits per heavy atom. The van der Waals surface area contributed by atoms with Gasteiger partial charge in [-0.25, -0.2) is 0 Å². The van der Waals surface area contributed by atoms with Crippen molar-refractivity contribution in [1.29, 1.82) is 0 Å². The van der Waals surface area contributed by atoms with Crippen LogP contribution in [-0.4, -0.2) is 56.1 Å². The number of aromatic nitrogens is 6. The third-order valence-corrected chi connectivity index (χ3v) is 6.12. The largest absolute Gasteiger partial charge is 0.354 e. The maximum absolute atomic E-state index is 6.18. The van der Waals surface area contributed by atoms with E-state index >= 15 is 0 Å². The molecule has 0 radical (unpaired) electrons. The van der Waals surface area contributed by atoms with E-state index in [-0.39, 0.29) is 16.6 Å². The van der Waals surface area contributed by atoms with Gasteiger partial charge >= 0.3 is 0 Å². The molecule has 4 aromatic heterocycles. The van der Waals surface area contributed by atoms with Gasteiger partial charge < -0.3 is 19.8 Å². The zero-order chi connectivity index (χ0) is 20.1. The molecular weight excluding hydrogens is 411 g/mol. The summed E-state index contributed by atoms with van der Waals surface area (Å²) >= 11 is 12.4. The third kappa shape index (κ3) is 3.16. The van der Waals surface area contributed by atoms with Crippen LogP contribution in [0.1, 0.15) is 13.3 Å². The molecule has 10 heteroatoms. The van der Waals surface area contributed by atoms with Crippen LogP contribution in [0, 0.1) is 5.92 Å². The first kappa shape index (κ1) is 18.4. The van der Waals surface area contributed by atoms with Crippen molar-refractivity contribution < 1.29 is 0 Å². The number of likely N-dealkylation sites (N-methyl/N-ethyl adjacent to an activating group) is 1. The summed E-state index contributed by atoms with van der Waals surface area (Å²) in [6.45, 7) is 3.97. The molecule has 0 unspecified atom stereocenters. The summed E-state index contributed by atoms with van der Waals surface area (Å²) in [6.07, 6.45) is 4.74. The Morgan fingerprint density at radius 3 is 2.41 bits per heavy atom. The second kappa shape index (κ2) is 7.03. The molecule has 1 aliphatic heterocycles. The Balaban J connectivity index is 1.51. The molecule has 5 heterocycles. The zero-order valence-corrected chi connectivity index (χ0v) is 17.5. The van der Waals surface area contributed by atoms with Crippen LogP contribution in [0.4, 0.5) is 11.6 Å². The first-order chi connectivity index (χ1) is 14.0. The number of hydrogen-bond acceptors (Lipinski definition) is 6. The monoisotopic (exact) mass is 430 g/mol. The summed E-state index contributed by atoms with van der Waals surface area (Å²) in [5, 5.41) is 2.41. The van der Waals surface area contributed by atoms with Crippen LogP contribution in [0.15, 0.2) is 24.5 Å². The van der Waals surface area contributed by atoms with Gasteiger partial charge in [-0.3, -0.25) is 0 Å². The molecule has 4 aromatic rings. The zero-order valence-electron chi connectivity index (χ0n) is 16.0. The molecule has 1 saturated heterocycles. The van der Waals surface area contributed by atoms with Gasteiger partial charge in [0.15, 0.2) is 0 Å². The summed E-state index contributed by atoms with van der Waals surface area (Å²) in [5.74, 6) is 2.16. The van der Waals surface area contributed by atoms with Crippen molar-refractivity contribution in [1.82, 2.24) is 29.9 Å². The van der Waals surface area contributed by atoms with Gasteiger partial charge in [0, 0.05) is 32.5 Å². The van der Waals surface area contributed by atoms with E-state index in [1.54, 1.807) is 0 Å². The fourth-order valence-electron chi connectivity index (χ4n) is 4.21. The van der Waals surface area contributed by atoms with E-state index in [1.165, 1.54) is 0 Å². The van der Waals surface area contributed by atoms with Crippen LogP contribution < -0.4 is 9.80 Å². The predicted molar refractivity (Wildman–Crippen MR) is 116 cm³/mol. The fraction of sp³-hybridized carbons (Fsp3) is 0.368. The van der Waals surface area contributed by atoms with Gasteiger partial charge in [-0.05, 0) is 47.7 Å². The molecule has 29 heavy (non-hydrogen) atoms. The highest BCUT2D eigenvalue weighted by atomic mass is 35.5. The van der Waals surface area contributed by atoms with Crippen LogP contribution in [0.5, 0.6) is 0 Å². The lowest BCUT2D eigenvalue weighted by atomic mass is 9.92. The summed E-state index contributed by atoms with van der Waals surface area (Å²) in [5.41, 5.74) is 1.49. The van der Waals surface area contributed by atoms with Crippen LogP contribution in [0.3, 0.4) is 0 Å². The molecule has 0 amide bonds. The van der Waals surface area contributed by atoms with Crippen molar-refractivity contribution >= 4 is 56.9 Å². The van der Waals surface area contributed by atoms with E-state index in [0.29, 0.717) is 5.92 Å². The van der Waals surface area contributed by atoms with E-state index in [4.69, 9.17) is 23.2 Å². The van der Waals surface area contributed by atoms with Gasteiger partial charge in [0.05, 0.1) is 16.8 Å². The summed E-state index contributed by atoms with van der Waals surface area (Å²) in [7, 11) is 2.06. The third-order valence-electron chi connectivity index (χ3n) is 5.79. The molecule has 0 saturated carbocycles. The lowest BCUT2D eigenvalue weighted by molar-refractivity contribution is 0.366. The number of piperidine rings is 1. The Morgan fingerprint density at radius 2 is 1.66 bits per heavy atom. The smallest absolute Gasteiger partial charge is 0.226 e. The first-order valence-electron chi connectivity index (χ1n) is 9.50. The minimum Gasteiger partial charge on any atom is -0.354 e. The second-order valence-electron chi connectivity index (χ2n) is 7.50. The number of H-pyrrole nitrogens is 2. The SMILES string of the molecule is C[C@@H]1CCN(c2nc(Cl)nc3[nH]ccc23)C[C@@H]1N(C)c1nc(Cl)nc2[nH]ccc12. The Hall–Kier alpha value is -2.58. The number of nitrogens with one attached hydrogen (secondary N) is 2. The van der Waals surface area contributed by atoms with E-state index in [1.807, 2.05) is 24.5 Å². The first-order valence-corrected chi connectivity index (χ1v) is 10.3. The molecule has 8 nitrogen and oxygen atoms in total. The Kier molecular flexibility index (Phi) is 4.48. The van der Waals surface area contributed by atoms with Crippen molar-refractivity contribution in [2.45, 2.75) is 19.4 Å². The number of aromatic amines is 2. The van der Waals surface area contributed by atoms with Gasteiger partial charge in [-0.2, -0.15) is 19.9 Å². The average Bonchev–Trinajstić information content (AvgIpc) is 3.35. The highest BCUT2D eigenvalue weighted by Crippen LogP contribution is 2.33. The predicted octanol–water partition coefficient (Wildman–Crippen LogP) is 3.89. The van der Waals surface area contributed by atoms with Crippen molar-refractivity contribution in [3.63, 3.8) is 0 Å². The van der Waals surface area contributed by atoms with Gasteiger partial charge in [0.1, 0.15) is 22.9 Å². The molecule has 0 aromatic carbocycles. The summed E-state index contributed by atoms with van der Waals surface area (Å²) in [4.78, 5) is 28.3. The lowest BCUT2D eigenvalue weighted by Crippen LogP contribution is -2.51. The highest BCUT2D eigenvalue weighted by molar-refractivity contribution is 6.29. The molecule has 2 N–H and O–H groups in total. The quantitative estimate of drug-likeness (QED) is 0.479. The summed E-state index contributed by atoms with van der Waals surface area (Å²) < 4.78 is 0. The van der Waals surface area contributed by atoms with Crippen molar-refractivity contribution in [3.05, 3.63) is 35.1 Å². The van der Waals surface area contributed by atoms with Gasteiger partial charge in [0.25, 0.3) is 0 Å². The molecule has 5 rings (SSSR count). The fourth-order valence-corrected chi connectivity index (χ4v) is 4.54. The number of hydrogen-bond donors (Lipinski definition) is 2. The van der Waals surface area contributed by atoms with E-state index in [9.17, 15) is 0 Å². The number of rotatable bonds is 3. The number of halogens is 2. The van der Waals surface area contributed by atoms with E-state index < -0.39 is 0 Å². The number of fused-ring (bicyclic) bond motifs is 2. The molecule has 0 aliphatic carbocycles. The molecule has 0 spiro atoms. The summed E-state index contributed by atoms with van der Waals surface area (Å²) in [6, 6.07) is 4.19. The van der Waals surface area contributed by atoms with Gasteiger partial charge in [-0.1, -0.05) is 6.92 Å². The lowest BCUT2D eigenvalue weighted by Gasteiger charge is -2.42. The van der Waals surface area contributed by atoms with Crippen LogP contribution in [-0.2, 0) is 0 Å². The maximum Gasteiger partial charge on any atom is 0.226 e.